The molecule has 7 amide bonds. The van der Waals surface area contributed by atoms with Gasteiger partial charge in [-0.25, -0.2) is 9.79 Å². The predicted octanol–water partition coefficient (Wildman–Crippen LogP) is 3.52. The number of phenols is 3. The number of hydrogen-bond donors (Lipinski definition) is 20. The number of carbonyl (C=O) groups is 8. The summed E-state index contributed by atoms with van der Waals surface area (Å²) in [6.45, 7) is 12.1. The third-order valence-corrected chi connectivity index (χ3v) is 22.2. The minimum atomic E-state index is -2.33. The molecule has 37 heteroatoms. The summed E-state index contributed by atoms with van der Waals surface area (Å²) in [6, 6.07) is 8.73. The van der Waals surface area contributed by atoms with Gasteiger partial charge in [-0.2, -0.15) is 0 Å². The zero-order chi connectivity index (χ0) is 86.9. The molecular weight excluding hydrogens is 1580 g/mol. The van der Waals surface area contributed by atoms with Crippen LogP contribution in [0.3, 0.4) is 0 Å². The molecular formula is C83H103ClN12O24. The number of hydrogen-bond acceptors (Lipinski definition) is 26. The number of likely N-dealkylation sites (N-methyl/N-ethyl adjacent to an activating group) is 1. The van der Waals surface area contributed by atoms with Gasteiger partial charge in [-0.3, -0.25) is 33.6 Å². The Morgan fingerprint density at radius 2 is 1.36 bits per heavy atom. The number of nitrogens with one attached hydrogen (secondary N) is 8. The fourth-order valence-corrected chi connectivity index (χ4v) is 15.4. The number of aliphatic imine (C=N–C) groups is 1. The Morgan fingerprint density at radius 1 is 0.708 bits per heavy atom. The Labute approximate surface area is 695 Å². The van der Waals surface area contributed by atoms with Crippen LogP contribution in [0, 0.1) is 5.92 Å². The van der Waals surface area contributed by atoms with Gasteiger partial charge < -0.3 is 138 Å². The molecule has 18 atom stereocenters. The number of nitrogens with zero attached hydrogens (tertiary/aromatic N) is 2. The smallest absolute Gasteiger partial charge is 0.330 e. The van der Waals surface area contributed by atoms with Crippen LogP contribution >= 0.6 is 11.6 Å². The van der Waals surface area contributed by atoms with Crippen LogP contribution in [0.5, 0.6) is 46.0 Å². The van der Waals surface area contributed by atoms with Crippen LogP contribution in [-0.2, 0) is 59.1 Å². The van der Waals surface area contributed by atoms with E-state index in [1.807, 2.05) is 45.0 Å². The Balaban J connectivity index is 1.08. The molecule has 0 spiro atoms. The first-order valence-corrected chi connectivity index (χ1v) is 40.0. The fourth-order valence-electron chi connectivity index (χ4n) is 15.2. The van der Waals surface area contributed by atoms with E-state index in [2.05, 4.69) is 61.3 Å². The van der Waals surface area contributed by atoms with Crippen molar-refractivity contribution in [2.75, 3.05) is 26.7 Å². The molecule has 6 aromatic rings. The molecule has 120 heavy (non-hydrogen) atoms. The number of aliphatic hydroxyl groups is 6. The maximum Gasteiger partial charge on any atom is 0.330 e. The summed E-state index contributed by atoms with van der Waals surface area (Å²) in [6.07, 6.45) is -14.3. The van der Waals surface area contributed by atoms with Crippen molar-refractivity contribution in [1.82, 2.24) is 47.4 Å². The Bertz CT molecular complexity index is 4770. The van der Waals surface area contributed by atoms with Crippen molar-refractivity contribution < 1.29 is 118 Å². The highest BCUT2D eigenvalue weighted by atomic mass is 35.5. The number of carboxylic acid groups (broad SMARTS) is 1. The van der Waals surface area contributed by atoms with E-state index in [1.54, 1.807) is 6.92 Å². The van der Waals surface area contributed by atoms with Gasteiger partial charge in [-0.15, -0.1) is 0 Å². The van der Waals surface area contributed by atoms with Crippen LogP contribution < -0.4 is 68.2 Å². The molecule has 0 aliphatic carbocycles. The quantitative estimate of drug-likeness (QED) is 0.0304. The van der Waals surface area contributed by atoms with E-state index in [4.69, 9.17) is 56.5 Å². The summed E-state index contributed by atoms with van der Waals surface area (Å²) in [4.78, 5) is 125. The van der Waals surface area contributed by atoms with E-state index in [0.717, 1.165) is 98.9 Å². The van der Waals surface area contributed by atoms with Gasteiger partial charge in [0.15, 0.2) is 35.9 Å². The highest BCUT2D eigenvalue weighted by Crippen LogP contribution is 2.50. The van der Waals surface area contributed by atoms with Crippen LogP contribution in [-0.4, -0.2) is 215 Å². The van der Waals surface area contributed by atoms with Gasteiger partial charge in [0.1, 0.15) is 89.5 Å². The molecule has 6 aromatic carbocycles. The van der Waals surface area contributed by atoms with E-state index < -0.39 is 231 Å². The maximum absolute atomic E-state index is 16.2. The zero-order valence-corrected chi connectivity index (χ0v) is 67.6. The topological polar surface area (TPSA) is 558 Å². The van der Waals surface area contributed by atoms with Gasteiger partial charge in [0, 0.05) is 48.8 Å². The molecule has 2 saturated heterocycles. The van der Waals surface area contributed by atoms with E-state index in [-0.39, 0.29) is 59.9 Å². The first-order chi connectivity index (χ1) is 57.2. The highest BCUT2D eigenvalue weighted by Gasteiger charge is 2.53. The molecule has 11 bridgehead atoms. The van der Waals surface area contributed by atoms with Gasteiger partial charge in [-0.05, 0) is 140 Å². The van der Waals surface area contributed by atoms with Crippen molar-refractivity contribution >= 4 is 70.6 Å². The first kappa shape index (κ1) is 89.8. The number of aromatic hydroxyl groups is 3. The van der Waals surface area contributed by atoms with Crippen molar-refractivity contribution in [3.63, 3.8) is 0 Å². The predicted molar refractivity (Wildman–Crippen MR) is 431 cm³/mol. The number of phenolic OH excluding ortho intramolecular Hbond substituents is 3. The van der Waals surface area contributed by atoms with Crippen LogP contribution in [0.2, 0.25) is 5.02 Å². The van der Waals surface area contributed by atoms with Crippen LogP contribution in [0.25, 0.3) is 11.1 Å². The summed E-state index contributed by atoms with van der Waals surface area (Å²) in [5, 5.41) is 138. The normalized spacial score (nSPS) is 26.8. The van der Waals surface area contributed by atoms with Gasteiger partial charge in [0.2, 0.25) is 53.4 Å². The number of ether oxygens (including phenoxy) is 6. The van der Waals surface area contributed by atoms with Crippen molar-refractivity contribution in [1.29, 1.82) is 0 Å². The summed E-state index contributed by atoms with van der Waals surface area (Å²) in [7, 11) is 1.49. The largest absolute Gasteiger partial charge is 0.508 e. The molecule has 22 N–H and O–H groups in total. The van der Waals surface area contributed by atoms with Crippen LogP contribution in [0.1, 0.15) is 157 Å². The van der Waals surface area contributed by atoms with Crippen molar-refractivity contribution in [3.05, 3.63) is 148 Å². The number of unbranched alkanes of at least 4 members (excludes halogenated alkanes) is 2. The summed E-state index contributed by atoms with van der Waals surface area (Å²) in [5.74, 6) is -15.0. The van der Waals surface area contributed by atoms with Gasteiger partial charge in [0.25, 0.3) is 0 Å². The Kier molecular flexibility index (Phi) is 29.2. The van der Waals surface area contributed by atoms with Crippen LogP contribution in [0.4, 0.5) is 5.69 Å². The minimum absolute atomic E-state index is 0.0496. The number of aliphatic hydroxyl groups excluding tert-OH is 6. The second-order valence-electron chi connectivity index (χ2n) is 30.8. The monoisotopic (exact) mass is 1690 g/mol. The molecule has 646 valence electrons. The van der Waals surface area contributed by atoms with E-state index in [0.29, 0.717) is 11.6 Å². The number of guanidine groups is 1. The zero-order valence-electron chi connectivity index (χ0n) is 66.9. The second-order valence-corrected chi connectivity index (χ2v) is 31.2. The van der Waals surface area contributed by atoms with E-state index in [1.165, 1.54) is 37.4 Å². The summed E-state index contributed by atoms with van der Waals surface area (Å²) < 4.78 is 39.8. The average molecular weight is 1690 g/mol. The molecule has 36 nitrogen and oxygen atoms in total. The third kappa shape index (κ3) is 20.4. The standard InChI is InChI=1S/C83H103ClN12O24/c1-8-11-25-96(26-12-9-2)82(86)89-45-19-13-40(14-20-45)36-88-83(10-3)35-60(115-39(6)73(83)106)119-72-70(105)69(104)58(37-97)118-81(72)120-71-56-30-44-31-57(71)117-55-24-18-43(29-50(55)84)68(103)66-79(112)93-64(80(113)114)49-32-46(98)33-54(100)61(49)48-28-42(17-23-53(48)99)62(76(109)95-66)92-77(110)63(44)91-75(108)52(34-59(85)101)90-78(111)65(94-74(107)51(87-7)27-38(4)5)67(102)41-15-21-47(116-56)22-16-41/h13-24,28-33,38-39,51-52,58,60,62-70,72-73,81,87-88,97-100,102-106H,8-12,25-27,34-37H2,1-7H3,(H2,85,101)(H2,86,89)(H,90,111)(H,91,108)(H,92,110)(H,93,112)(H,94,107)(H,95,109)(H,113,114)/t39?,51-,52+,58?,60+,62-,63-,64+,65-,66+,67-,68-,69-,70?,72?,73-,81+,83?/m1/s1. The minimum Gasteiger partial charge on any atom is -0.508 e. The van der Waals surface area contributed by atoms with E-state index in [9.17, 15) is 75.0 Å². The number of rotatable bonds is 24. The SMILES string of the molecule is CCCCN(CCCC)/C(N)=N/c1ccc(CNC2(CC)C[C@H](OC3C(O)[C@H](O)C(CO)O[C@H]3Oc3c4cc5cc3Oc3ccc(cc3Cl)[C@@H](O)[C@@H]3NC(=O)[C@H](NC(=O)[C@@H]5NC(=O)[C@H](CC(N)=O)NC(=O)[C@H](NC(=O)[C@@H](CC(C)C)NC)[C@H](O)c5ccc(cc5)O4)c4ccc(O)c(c4)-c4c(O)cc(O)cc4[C@@H](C(=O)O)NC3=O)OC(C)[C@H]2O)cc1. The first-order valence-electron chi connectivity index (χ1n) is 39.6. The number of fused-ring (bicyclic) bond motifs is 15. The number of nitrogens with two attached hydrogens (primary N) is 2. The molecule has 7 aliphatic heterocycles. The number of carboxylic acids is 1. The number of primary amides is 1. The number of carbonyl (C=O) groups excluding carboxylic acids is 7. The number of aliphatic carboxylic acids is 1. The highest BCUT2D eigenvalue weighted by molar-refractivity contribution is 6.32. The van der Waals surface area contributed by atoms with Gasteiger partial charge in [0.05, 0.1) is 47.5 Å². The number of benzene rings is 6. The lowest BCUT2D eigenvalue weighted by atomic mass is 9.80. The summed E-state index contributed by atoms with van der Waals surface area (Å²) in [5.41, 5.74) is 9.91. The lowest BCUT2D eigenvalue weighted by Gasteiger charge is -2.49. The molecule has 5 unspecified atom stereocenters. The number of amides is 7. The van der Waals surface area contributed by atoms with Gasteiger partial charge in [-0.1, -0.05) is 95.5 Å². The van der Waals surface area contributed by atoms with Gasteiger partial charge >= 0.3 is 5.97 Å². The molecule has 0 aromatic heterocycles. The average Bonchev–Trinajstić information content (AvgIpc) is 0.744. The maximum atomic E-state index is 16.2. The molecule has 0 saturated carbocycles. The molecule has 7 heterocycles. The lowest BCUT2D eigenvalue weighted by molar-refractivity contribution is -0.335. The fraction of sp³-hybridized carbons (Fsp3) is 0.458. The van der Waals surface area contributed by atoms with Crippen molar-refractivity contribution in [2.24, 2.45) is 22.4 Å². The lowest BCUT2D eigenvalue weighted by Crippen LogP contribution is -2.66. The van der Waals surface area contributed by atoms with Crippen molar-refractivity contribution in [2.45, 2.75) is 209 Å². The Hall–Kier alpha value is -11.0. The molecule has 0 radical (unpaired) electrons. The Morgan fingerprint density at radius 3 is 1.99 bits per heavy atom. The molecule has 2 fully saturated rings. The van der Waals surface area contributed by atoms with Crippen LogP contribution in [0.15, 0.2) is 114 Å². The third-order valence-electron chi connectivity index (χ3n) is 21.9. The molecule has 7 aliphatic rings. The number of halogens is 1. The van der Waals surface area contributed by atoms with E-state index >= 15 is 14.4 Å². The summed E-state index contributed by atoms with van der Waals surface area (Å²) >= 11 is 7.16. The van der Waals surface area contributed by atoms with Crippen molar-refractivity contribution in [3.8, 4) is 57.1 Å². The molecule has 13 rings (SSSR count). The second kappa shape index (κ2) is 39.0.